The van der Waals surface area contributed by atoms with Gasteiger partial charge in [0.15, 0.2) is 0 Å². The Morgan fingerprint density at radius 1 is 1.24 bits per heavy atom. The number of nitrogens with zero attached hydrogens (tertiary/aromatic N) is 2. The summed E-state index contributed by atoms with van der Waals surface area (Å²) in [4.78, 5) is 43.6. The number of aliphatic hydroxyl groups is 1. The molecular weight excluding hydrogens is 438 g/mol. The van der Waals surface area contributed by atoms with Crippen molar-refractivity contribution >= 4 is 29.2 Å². The van der Waals surface area contributed by atoms with Gasteiger partial charge in [-0.3, -0.25) is 14.4 Å². The molecule has 2 N–H and O–H groups in total. The van der Waals surface area contributed by atoms with E-state index in [2.05, 4.69) is 24.1 Å². The summed E-state index contributed by atoms with van der Waals surface area (Å²) in [5, 5.41) is 12.3. The van der Waals surface area contributed by atoms with Crippen molar-refractivity contribution in [3.63, 3.8) is 0 Å². The van der Waals surface area contributed by atoms with Crippen LogP contribution in [0, 0.1) is 11.8 Å². The summed E-state index contributed by atoms with van der Waals surface area (Å²) in [6.45, 7) is 8.02. The first-order valence-electron chi connectivity index (χ1n) is 12.3. The summed E-state index contributed by atoms with van der Waals surface area (Å²) in [7, 11) is 0. The molecule has 3 heterocycles. The fourth-order valence-corrected chi connectivity index (χ4v) is 6.00. The van der Waals surface area contributed by atoms with Crippen LogP contribution in [0.4, 0.5) is 11.4 Å². The lowest BCUT2D eigenvalue weighted by Gasteiger charge is -2.33. The highest BCUT2D eigenvalue weighted by Gasteiger charge is 2.74. The Morgan fingerprint density at radius 2 is 1.94 bits per heavy atom. The number of nitrogens with one attached hydrogen (secondary N) is 1. The first-order valence-corrected chi connectivity index (χ1v) is 12.3. The van der Waals surface area contributed by atoms with E-state index < -0.39 is 35.6 Å². The molecule has 3 fully saturated rings. The molecule has 1 aromatic carbocycles. The maximum atomic E-state index is 13.6. The van der Waals surface area contributed by atoms with Crippen molar-refractivity contribution in [2.75, 3.05) is 43.1 Å². The van der Waals surface area contributed by atoms with Gasteiger partial charge in [0.1, 0.15) is 11.6 Å². The number of ether oxygens (including phenoxy) is 2. The SMILES string of the molecule is CCOC(=O)[C@@H]1[C@@H]2CC[C@]3(O2)[C@H](C(=O)Nc2ccc(N(CC)CC)cc2)N(CCCO)C(=O)[C@@H]13. The maximum Gasteiger partial charge on any atom is 0.312 e. The predicted octanol–water partition coefficient (Wildman–Crippen LogP) is 1.79. The third-order valence-electron chi connectivity index (χ3n) is 7.43. The molecule has 9 nitrogen and oxygen atoms in total. The van der Waals surface area contributed by atoms with Crippen LogP contribution in [-0.4, -0.2) is 78.4 Å². The molecule has 2 bridgehead atoms. The monoisotopic (exact) mass is 473 g/mol. The van der Waals surface area contributed by atoms with Gasteiger partial charge in [-0.05, 0) is 64.3 Å². The van der Waals surface area contributed by atoms with Crippen molar-refractivity contribution in [3.8, 4) is 0 Å². The van der Waals surface area contributed by atoms with Crippen LogP contribution < -0.4 is 10.2 Å². The molecule has 3 aliphatic rings. The van der Waals surface area contributed by atoms with E-state index in [-0.39, 0.29) is 31.6 Å². The molecule has 186 valence electrons. The van der Waals surface area contributed by atoms with E-state index in [1.807, 2.05) is 24.3 Å². The number of amides is 2. The van der Waals surface area contributed by atoms with E-state index >= 15 is 0 Å². The summed E-state index contributed by atoms with van der Waals surface area (Å²) >= 11 is 0. The summed E-state index contributed by atoms with van der Waals surface area (Å²) in [6, 6.07) is 6.75. The average Bonchev–Trinajstić information content (AvgIpc) is 3.47. The lowest BCUT2D eigenvalue weighted by atomic mass is 9.71. The molecule has 0 aliphatic carbocycles. The minimum absolute atomic E-state index is 0.104. The van der Waals surface area contributed by atoms with Gasteiger partial charge in [-0.25, -0.2) is 0 Å². The Kier molecular flexibility index (Phi) is 7.14. The van der Waals surface area contributed by atoms with Crippen molar-refractivity contribution in [3.05, 3.63) is 24.3 Å². The van der Waals surface area contributed by atoms with E-state index in [1.54, 1.807) is 6.92 Å². The Balaban J connectivity index is 1.60. The van der Waals surface area contributed by atoms with Gasteiger partial charge in [-0.1, -0.05) is 0 Å². The van der Waals surface area contributed by atoms with Gasteiger partial charge in [0.25, 0.3) is 0 Å². The lowest BCUT2D eigenvalue weighted by molar-refractivity contribution is -0.154. The van der Waals surface area contributed by atoms with Crippen molar-refractivity contribution in [1.29, 1.82) is 0 Å². The van der Waals surface area contributed by atoms with Crippen molar-refractivity contribution in [1.82, 2.24) is 4.90 Å². The second-order valence-electron chi connectivity index (χ2n) is 9.13. The van der Waals surface area contributed by atoms with Crippen LogP contribution in [0.5, 0.6) is 0 Å². The summed E-state index contributed by atoms with van der Waals surface area (Å²) in [5.74, 6) is -2.50. The van der Waals surface area contributed by atoms with Crippen LogP contribution in [0.3, 0.4) is 0 Å². The number of benzene rings is 1. The molecule has 9 heteroatoms. The number of anilines is 2. The topological polar surface area (TPSA) is 108 Å². The first kappa shape index (κ1) is 24.5. The second kappa shape index (κ2) is 9.92. The number of hydrogen-bond donors (Lipinski definition) is 2. The van der Waals surface area contributed by atoms with Crippen molar-refractivity contribution < 1.29 is 29.0 Å². The molecule has 0 aromatic heterocycles. The molecule has 4 rings (SSSR count). The minimum atomic E-state index is -1.06. The second-order valence-corrected chi connectivity index (χ2v) is 9.13. The van der Waals surface area contributed by atoms with Gasteiger partial charge in [-0.2, -0.15) is 0 Å². The fourth-order valence-electron chi connectivity index (χ4n) is 6.00. The fraction of sp³-hybridized carbons (Fsp3) is 0.640. The molecule has 5 atom stereocenters. The molecule has 0 saturated carbocycles. The highest BCUT2D eigenvalue weighted by atomic mass is 16.6. The zero-order valence-electron chi connectivity index (χ0n) is 20.2. The number of likely N-dealkylation sites (tertiary alicyclic amines) is 1. The lowest BCUT2D eigenvalue weighted by Crippen LogP contribution is -2.53. The van der Waals surface area contributed by atoms with Gasteiger partial charge >= 0.3 is 5.97 Å². The standard InChI is InChI=1S/C25H35N3O6/c1-4-27(5-2)17-10-8-16(9-11-17)26-22(30)21-25-13-12-18(34-25)19(24(32)33-6-3)20(25)23(31)28(21)14-7-15-29/h8-11,18-21,29H,4-7,12-15H2,1-3H3,(H,26,30)/t18-,19+,20+,21-,25+/m0/s1. The van der Waals surface area contributed by atoms with E-state index in [0.29, 0.717) is 24.9 Å². The predicted molar refractivity (Wildman–Crippen MR) is 126 cm³/mol. The van der Waals surface area contributed by atoms with Crippen LogP contribution in [0.15, 0.2) is 24.3 Å². The number of aliphatic hydroxyl groups excluding tert-OH is 1. The molecule has 1 aromatic rings. The van der Waals surface area contributed by atoms with Crippen molar-refractivity contribution in [2.24, 2.45) is 11.8 Å². The number of carbonyl (C=O) groups excluding carboxylic acids is 3. The van der Waals surface area contributed by atoms with Crippen LogP contribution in [-0.2, 0) is 23.9 Å². The van der Waals surface area contributed by atoms with Crippen LogP contribution >= 0.6 is 0 Å². The average molecular weight is 474 g/mol. The zero-order chi connectivity index (χ0) is 24.5. The third kappa shape index (κ3) is 3.94. The summed E-state index contributed by atoms with van der Waals surface area (Å²) in [5.41, 5.74) is 0.641. The number of fused-ring (bicyclic) bond motifs is 1. The molecule has 0 radical (unpaired) electrons. The van der Waals surface area contributed by atoms with Crippen molar-refractivity contribution in [2.45, 2.75) is 57.8 Å². The Morgan fingerprint density at radius 3 is 2.56 bits per heavy atom. The van der Waals surface area contributed by atoms with Crippen LogP contribution in [0.1, 0.15) is 40.0 Å². The van der Waals surface area contributed by atoms with Gasteiger partial charge in [0, 0.05) is 37.6 Å². The number of esters is 1. The molecule has 2 amide bonds. The molecule has 3 saturated heterocycles. The number of rotatable bonds is 10. The highest BCUT2D eigenvalue weighted by molar-refractivity contribution is 6.03. The summed E-state index contributed by atoms with van der Waals surface area (Å²) in [6.07, 6.45) is 1.04. The molecule has 0 unspecified atom stereocenters. The first-order chi connectivity index (χ1) is 16.4. The van der Waals surface area contributed by atoms with E-state index in [0.717, 1.165) is 18.8 Å². The minimum Gasteiger partial charge on any atom is -0.466 e. The molecule has 34 heavy (non-hydrogen) atoms. The Hall–Kier alpha value is -2.65. The van der Waals surface area contributed by atoms with E-state index in [1.165, 1.54) is 4.90 Å². The van der Waals surface area contributed by atoms with E-state index in [4.69, 9.17) is 9.47 Å². The smallest absolute Gasteiger partial charge is 0.312 e. The normalized spacial score (nSPS) is 29.3. The largest absolute Gasteiger partial charge is 0.466 e. The van der Waals surface area contributed by atoms with Crippen LogP contribution in [0.2, 0.25) is 0 Å². The van der Waals surface area contributed by atoms with Gasteiger partial charge < -0.3 is 29.7 Å². The Labute approximate surface area is 200 Å². The quantitative estimate of drug-likeness (QED) is 0.499. The molecule has 3 aliphatic heterocycles. The molecule has 1 spiro atoms. The van der Waals surface area contributed by atoms with E-state index in [9.17, 15) is 19.5 Å². The van der Waals surface area contributed by atoms with Gasteiger partial charge in [-0.15, -0.1) is 0 Å². The highest BCUT2D eigenvalue weighted by Crippen LogP contribution is 2.58. The number of carbonyl (C=O) groups is 3. The number of hydrogen-bond acceptors (Lipinski definition) is 7. The third-order valence-corrected chi connectivity index (χ3v) is 7.43. The zero-order valence-corrected chi connectivity index (χ0v) is 20.2. The van der Waals surface area contributed by atoms with Gasteiger partial charge in [0.05, 0.1) is 24.5 Å². The van der Waals surface area contributed by atoms with Gasteiger partial charge in [0.2, 0.25) is 11.8 Å². The maximum absolute atomic E-state index is 13.6. The summed E-state index contributed by atoms with van der Waals surface area (Å²) < 4.78 is 11.6. The Bertz CT molecular complexity index is 918. The molecular formula is C25H35N3O6. The van der Waals surface area contributed by atoms with Crippen LogP contribution in [0.25, 0.3) is 0 Å².